The summed E-state index contributed by atoms with van der Waals surface area (Å²) in [7, 11) is 0. The molecule has 2 nitrogen and oxygen atoms in total. The Morgan fingerprint density at radius 1 is 1.29 bits per heavy atom. The average molecular weight is 236 g/mol. The number of halogens is 1. The molecule has 17 heavy (non-hydrogen) atoms. The van der Waals surface area contributed by atoms with Crippen LogP contribution >= 0.6 is 0 Å². The molecule has 0 radical (unpaired) electrons. The molecular formula is C14H21FN2. The third-order valence-corrected chi connectivity index (χ3v) is 3.12. The van der Waals surface area contributed by atoms with Crippen molar-refractivity contribution < 1.29 is 4.39 Å². The van der Waals surface area contributed by atoms with Crippen molar-refractivity contribution in [1.82, 2.24) is 10.2 Å². The number of alkyl halides is 1. The fourth-order valence-electron chi connectivity index (χ4n) is 2.31. The fraction of sp³-hybridized carbons (Fsp3) is 0.571. The van der Waals surface area contributed by atoms with Crippen LogP contribution in [0.5, 0.6) is 0 Å². The molecule has 1 aliphatic heterocycles. The highest BCUT2D eigenvalue weighted by Crippen LogP contribution is 2.11. The van der Waals surface area contributed by atoms with Crippen molar-refractivity contribution in [2.45, 2.75) is 26.1 Å². The second-order valence-corrected chi connectivity index (χ2v) is 4.83. The Labute approximate surface area is 103 Å². The average Bonchev–Trinajstić information content (AvgIpc) is 2.30. The van der Waals surface area contributed by atoms with Crippen LogP contribution in [0, 0.1) is 0 Å². The largest absolute Gasteiger partial charge is 0.314 e. The molecule has 0 amide bonds. The van der Waals surface area contributed by atoms with Gasteiger partial charge in [-0.25, -0.2) is 4.39 Å². The lowest BCUT2D eigenvalue weighted by atomic mass is 10.1. The van der Waals surface area contributed by atoms with Gasteiger partial charge in [-0.05, 0) is 18.1 Å². The maximum Gasteiger partial charge on any atom is 0.101 e. The Morgan fingerprint density at radius 2 is 2.00 bits per heavy atom. The molecule has 1 saturated heterocycles. The van der Waals surface area contributed by atoms with E-state index in [-0.39, 0.29) is 0 Å². The van der Waals surface area contributed by atoms with Gasteiger partial charge in [0.1, 0.15) is 6.17 Å². The highest BCUT2D eigenvalue weighted by molar-refractivity contribution is 5.24. The summed E-state index contributed by atoms with van der Waals surface area (Å²) < 4.78 is 13.0. The summed E-state index contributed by atoms with van der Waals surface area (Å²) in [4.78, 5) is 2.44. The third-order valence-electron chi connectivity index (χ3n) is 3.12. The minimum Gasteiger partial charge on any atom is -0.314 e. The zero-order chi connectivity index (χ0) is 12.1. The van der Waals surface area contributed by atoms with Crippen molar-refractivity contribution >= 4 is 0 Å². The molecule has 1 aromatic carbocycles. The van der Waals surface area contributed by atoms with E-state index in [2.05, 4.69) is 22.3 Å². The summed E-state index contributed by atoms with van der Waals surface area (Å²) in [6.45, 7) is 6.94. The van der Waals surface area contributed by atoms with E-state index in [1.807, 2.05) is 12.1 Å². The smallest absolute Gasteiger partial charge is 0.101 e. The van der Waals surface area contributed by atoms with Crippen LogP contribution in [0.2, 0.25) is 0 Å². The van der Waals surface area contributed by atoms with Crippen molar-refractivity contribution in [2.24, 2.45) is 0 Å². The number of benzene rings is 1. The van der Waals surface area contributed by atoms with E-state index in [0.29, 0.717) is 6.42 Å². The summed E-state index contributed by atoms with van der Waals surface area (Å²) in [5.41, 5.74) is 2.40. The monoisotopic (exact) mass is 236 g/mol. The standard InChI is InChI=1S/C14H21FN2/c1-12(15)9-13-3-2-4-14(10-13)11-17-7-5-16-6-8-17/h2-4,10,12,16H,5-9,11H2,1H3. The molecule has 0 aromatic heterocycles. The Bertz CT molecular complexity index is 346. The van der Waals surface area contributed by atoms with Gasteiger partial charge in [0.25, 0.3) is 0 Å². The second-order valence-electron chi connectivity index (χ2n) is 4.83. The van der Waals surface area contributed by atoms with Crippen molar-refractivity contribution in [1.29, 1.82) is 0 Å². The molecule has 1 unspecified atom stereocenters. The molecule has 2 rings (SSSR count). The molecule has 0 aliphatic carbocycles. The van der Waals surface area contributed by atoms with E-state index in [1.54, 1.807) is 6.92 Å². The van der Waals surface area contributed by atoms with Gasteiger partial charge in [-0.3, -0.25) is 4.90 Å². The number of hydrogen-bond donors (Lipinski definition) is 1. The van der Waals surface area contributed by atoms with Gasteiger partial charge in [0.2, 0.25) is 0 Å². The van der Waals surface area contributed by atoms with Gasteiger partial charge in [0.15, 0.2) is 0 Å². The van der Waals surface area contributed by atoms with Crippen LogP contribution in [0.4, 0.5) is 4.39 Å². The summed E-state index contributed by atoms with van der Waals surface area (Å²) in [6, 6.07) is 8.32. The van der Waals surface area contributed by atoms with Crippen LogP contribution in [0.3, 0.4) is 0 Å². The van der Waals surface area contributed by atoms with Crippen LogP contribution in [0.15, 0.2) is 24.3 Å². The first-order valence-electron chi connectivity index (χ1n) is 6.39. The highest BCUT2D eigenvalue weighted by Gasteiger charge is 2.10. The predicted octanol–water partition coefficient (Wildman–Crippen LogP) is 1.99. The molecular weight excluding hydrogens is 215 g/mol. The fourth-order valence-corrected chi connectivity index (χ4v) is 2.31. The molecule has 0 saturated carbocycles. The summed E-state index contributed by atoms with van der Waals surface area (Å²) in [5, 5.41) is 3.35. The van der Waals surface area contributed by atoms with Crippen LogP contribution in [-0.2, 0) is 13.0 Å². The maximum atomic E-state index is 13.0. The van der Waals surface area contributed by atoms with E-state index < -0.39 is 6.17 Å². The van der Waals surface area contributed by atoms with Crippen LogP contribution < -0.4 is 5.32 Å². The summed E-state index contributed by atoms with van der Waals surface area (Å²) in [6.07, 6.45) is -0.237. The van der Waals surface area contributed by atoms with Crippen molar-refractivity contribution in [3.05, 3.63) is 35.4 Å². The van der Waals surface area contributed by atoms with Gasteiger partial charge in [-0.15, -0.1) is 0 Å². The lowest BCUT2D eigenvalue weighted by molar-refractivity contribution is 0.233. The van der Waals surface area contributed by atoms with Crippen molar-refractivity contribution in [3.63, 3.8) is 0 Å². The van der Waals surface area contributed by atoms with Gasteiger partial charge in [-0.1, -0.05) is 24.3 Å². The first-order valence-corrected chi connectivity index (χ1v) is 6.39. The van der Waals surface area contributed by atoms with Crippen LogP contribution in [0.25, 0.3) is 0 Å². The summed E-state index contributed by atoms with van der Waals surface area (Å²) in [5.74, 6) is 0. The normalized spacial score (nSPS) is 19.2. The lowest BCUT2D eigenvalue weighted by Crippen LogP contribution is -2.42. The first kappa shape index (κ1) is 12.5. The maximum absolute atomic E-state index is 13.0. The number of piperazine rings is 1. The number of hydrogen-bond acceptors (Lipinski definition) is 2. The minimum absolute atomic E-state index is 0.523. The number of nitrogens with zero attached hydrogens (tertiary/aromatic N) is 1. The van der Waals surface area contributed by atoms with Gasteiger partial charge in [0.05, 0.1) is 0 Å². The molecule has 1 aliphatic rings. The van der Waals surface area contributed by atoms with Gasteiger partial charge >= 0.3 is 0 Å². The Hall–Kier alpha value is -0.930. The number of rotatable bonds is 4. The molecule has 0 spiro atoms. The Morgan fingerprint density at radius 3 is 2.71 bits per heavy atom. The highest BCUT2D eigenvalue weighted by atomic mass is 19.1. The van der Waals surface area contributed by atoms with E-state index in [9.17, 15) is 4.39 Å². The molecule has 1 heterocycles. The molecule has 1 fully saturated rings. The second kappa shape index (κ2) is 6.12. The van der Waals surface area contributed by atoms with E-state index in [1.165, 1.54) is 5.56 Å². The quantitative estimate of drug-likeness (QED) is 0.860. The van der Waals surface area contributed by atoms with Gasteiger partial charge in [0, 0.05) is 39.1 Å². The minimum atomic E-state index is -0.760. The first-order chi connectivity index (χ1) is 8.24. The van der Waals surface area contributed by atoms with E-state index in [0.717, 1.165) is 38.3 Å². The third kappa shape index (κ3) is 4.10. The van der Waals surface area contributed by atoms with Gasteiger partial charge in [-0.2, -0.15) is 0 Å². The van der Waals surface area contributed by atoms with E-state index >= 15 is 0 Å². The van der Waals surface area contributed by atoms with Crippen LogP contribution in [-0.4, -0.2) is 37.3 Å². The van der Waals surface area contributed by atoms with Crippen LogP contribution in [0.1, 0.15) is 18.1 Å². The predicted molar refractivity (Wildman–Crippen MR) is 68.9 cm³/mol. The molecule has 0 bridgehead atoms. The SMILES string of the molecule is CC(F)Cc1cccc(CN2CCNCC2)c1. The zero-order valence-corrected chi connectivity index (χ0v) is 10.5. The topological polar surface area (TPSA) is 15.3 Å². The van der Waals surface area contributed by atoms with Crippen molar-refractivity contribution in [3.8, 4) is 0 Å². The molecule has 3 heteroatoms. The lowest BCUT2D eigenvalue weighted by Gasteiger charge is -2.27. The molecule has 1 aromatic rings. The zero-order valence-electron chi connectivity index (χ0n) is 10.5. The Balaban J connectivity index is 1.95. The molecule has 1 N–H and O–H groups in total. The molecule has 94 valence electrons. The van der Waals surface area contributed by atoms with Gasteiger partial charge < -0.3 is 5.32 Å². The molecule has 1 atom stereocenters. The summed E-state index contributed by atoms with van der Waals surface area (Å²) >= 11 is 0. The van der Waals surface area contributed by atoms with Crippen molar-refractivity contribution in [2.75, 3.05) is 26.2 Å². The van der Waals surface area contributed by atoms with E-state index in [4.69, 9.17) is 0 Å². The number of nitrogens with one attached hydrogen (secondary N) is 1. The Kier molecular flexibility index (Phi) is 4.51.